The van der Waals surface area contributed by atoms with Crippen LogP contribution in [0.5, 0.6) is 5.75 Å². The van der Waals surface area contributed by atoms with E-state index in [0.717, 1.165) is 31.5 Å². The molecule has 1 fully saturated rings. The number of alkyl halides is 3. The largest absolute Gasteiger partial charge is 0.573 e. The van der Waals surface area contributed by atoms with Crippen LogP contribution in [0.3, 0.4) is 0 Å². The first-order valence-corrected chi connectivity index (χ1v) is 7.77. The molecule has 2 amide bonds. The van der Waals surface area contributed by atoms with Crippen LogP contribution < -0.4 is 10.1 Å². The molecule has 1 aliphatic heterocycles. The summed E-state index contributed by atoms with van der Waals surface area (Å²) in [4.78, 5) is 25.3. The van der Waals surface area contributed by atoms with Crippen LogP contribution in [0.15, 0.2) is 24.3 Å². The molecule has 0 aliphatic carbocycles. The molecular weight excluding hydrogens is 325 g/mol. The van der Waals surface area contributed by atoms with Crippen LogP contribution in [0.25, 0.3) is 0 Å². The average Bonchev–Trinajstić information content (AvgIpc) is 2.52. The van der Waals surface area contributed by atoms with E-state index in [1.165, 1.54) is 12.1 Å². The second-order valence-corrected chi connectivity index (χ2v) is 5.52. The van der Waals surface area contributed by atoms with E-state index in [-0.39, 0.29) is 23.1 Å². The third-order valence-corrected chi connectivity index (χ3v) is 3.66. The molecular formula is C16H19F3N2O3. The molecule has 1 N–H and O–H groups in total. The molecule has 0 bridgehead atoms. The first-order chi connectivity index (χ1) is 11.3. The van der Waals surface area contributed by atoms with Crippen molar-refractivity contribution in [2.75, 3.05) is 19.6 Å². The second kappa shape index (κ2) is 8.03. The number of benzene rings is 1. The molecule has 1 aliphatic rings. The Morgan fingerprint density at radius 3 is 2.54 bits per heavy atom. The normalized spacial score (nSPS) is 15.3. The van der Waals surface area contributed by atoms with Crippen molar-refractivity contribution >= 4 is 11.8 Å². The monoisotopic (exact) mass is 344 g/mol. The van der Waals surface area contributed by atoms with Gasteiger partial charge in [0.05, 0.1) is 0 Å². The molecule has 1 heterocycles. The van der Waals surface area contributed by atoms with E-state index in [0.29, 0.717) is 25.9 Å². The topological polar surface area (TPSA) is 58.6 Å². The van der Waals surface area contributed by atoms with Crippen molar-refractivity contribution < 1.29 is 27.5 Å². The fourth-order valence-electron chi connectivity index (χ4n) is 2.48. The smallest absolute Gasteiger partial charge is 0.406 e. The molecule has 5 nitrogen and oxygen atoms in total. The van der Waals surface area contributed by atoms with Crippen molar-refractivity contribution in [1.29, 1.82) is 0 Å². The molecule has 2 rings (SSSR count). The highest BCUT2D eigenvalue weighted by atomic mass is 19.4. The van der Waals surface area contributed by atoms with Gasteiger partial charge in [-0.1, -0.05) is 0 Å². The van der Waals surface area contributed by atoms with Gasteiger partial charge in [0.15, 0.2) is 0 Å². The molecule has 0 radical (unpaired) electrons. The predicted octanol–water partition coefficient (Wildman–Crippen LogP) is 2.72. The number of piperidine rings is 1. The van der Waals surface area contributed by atoms with Crippen LogP contribution in [0.4, 0.5) is 13.2 Å². The number of hydrogen-bond donors (Lipinski definition) is 1. The van der Waals surface area contributed by atoms with Gasteiger partial charge in [0.2, 0.25) is 5.91 Å². The molecule has 0 aromatic heterocycles. The summed E-state index contributed by atoms with van der Waals surface area (Å²) >= 11 is 0. The molecule has 0 saturated carbocycles. The lowest BCUT2D eigenvalue weighted by molar-refractivity contribution is -0.274. The Morgan fingerprint density at radius 2 is 1.92 bits per heavy atom. The lowest BCUT2D eigenvalue weighted by Crippen LogP contribution is -2.37. The SMILES string of the molecule is O=C(NCCCN1CCCCC1=O)c1ccc(OC(F)(F)F)cc1. The second-order valence-electron chi connectivity index (χ2n) is 5.52. The highest BCUT2D eigenvalue weighted by molar-refractivity contribution is 5.94. The van der Waals surface area contributed by atoms with Crippen LogP contribution in [-0.2, 0) is 4.79 Å². The Hall–Kier alpha value is -2.25. The Labute approximate surface area is 137 Å². The van der Waals surface area contributed by atoms with E-state index in [4.69, 9.17) is 0 Å². The molecule has 24 heavy (non-hydrogen) atoms. The van der Waals surface area contributed by atoms with E-state index in [2.05, 4.69) is 10.1 Å². The summed E-state index contributed by atoms with van der Waals surface area (Å²) in [6, 6.07) is 4.72. The zero-order valence-corrected chi connectivity index (χ0v) is 13.1. The number of nitrogens with one attached hydrogen (secondary N) is 1. The molecule has 0 unspecified atom stereocenters. The number of halogens is 3. The molecule has 0 spiro atoms. The van der Waals surface area contributed by atoms with Crippen LogP contribution in [0.1, 0.15) is 36.0 Å². The van der Waals surface area contributed by atoms with Crippen molar-refractivity contribution in [3.8, 4) is 5.75 Å². The molecule has 132 valence electrons. The van der Waals surface area contributed by atoms with Gasteiger partial charge < -0.3 is 15.0 Å². The summed E-state index contributed by atoms with van der Waals surface area (Å²) in [6.45, 7) is 1.74. The minimum absolute atomic E-state index is 0.146. The van der Waals surface area contributed by atoms with E-state index in [1.54, 1.807) is 4.90 Å². The van der Waals surface area contributed by atoms with Crippen molar-refractivity contribution in [2.45, 2.75) is 32.0 Å². The number of hydrogen-bond acceptors (Lipinski definition) is 3. The summed E-state index contributed by atoms with van der Waals surface area (Å²) in [5, 5.41) is 2.68. The summed E-state index contributed by atoms with van der Waals surface area (Å²) in [7, 11) is 0. The number of carbonyl (C=O) groups is 2. The van der Waals surface area contributed by atoms with Crippen LogP contribution in [-0.4, -0.2) is 42.7 Å². The van der Waals surface area contributed by atoms with Gasteiger partial charge in [-0.15, -0.1) is 13.2 Å². The van der Waals surface area contributed by atoms with Crippen LogP contribution in [0, 0.1) is 0 Å². The molecule has 0 atom stereocenters. The number of likely N-dealkylation sites (tertiary alicyclic amines) is 1. The summed E-state index contributed by atoms with van der Waals surface area (Å²) < 4.78 is 39.9. The van der Waals surface area contributed by atoms with Gasteiger partial charge in [-0.2, -0.15) is 0 Å². The van der Waals surface area contributed by atoms with E-state index in [1.807, 2.05) is 0 Å². The maximum atomic E-state index is 12.1. The third kappa shape index (κ3) is 5.75. The summed E-state index contributed by atoms with van der Waals surface area (Å²) in [6.07, 6.45) is -1.61. The number of amides is 2. The number of nitrogens with zero attached hydrogens (tertiary/aromatic N) is 1. The standard InChI is InChI=1S/C16H19F3N2O3/c17-16(18,19)24-13-7-5-12(6-8-13)15(23)20-9-3-11-21-10-2-1-4-14(21)22/h5-8H,1-4,9-11H2,(H,20,23). The van der Waals surface area contributed by atoms with Crippen molar-refractivity contribution in [1.82, 2.24) is 10.2 Å². The van der Waals surface area contributed by atoms with Gasteiger partial charge >= 0.3 is 6.36 Å². The van der Waals surface area contributed by atoms with E-state index >= 15 is 0 Å². The highest BCUT2D eigenvalue weighted by Crippen LogP contribution is 2.22. The van der Waals surface area contributed by atoms with Gasteiger partial charge in [0, 0.05) is 31.6 Å². The maximum absolute atomic E-state index is 12.1. The Bertz CT molecular complexity index is 573. The zero-order chi connectivity index (χ0) is 17.6. The van der Waals surface area contributed by atoms with Gasteiger partial charge in [-0.25, -0.2) is 0 Å². The average molecular weight is 344 g/mol. The van der Waals surface area contributed by atoms with Gasteiger partial charge in [-0.3, -0.25) is 9.59 Å². The molecule has 1 saturated heterocycles. The molecule has 8 heteroatoms. The first-order valence-electron chi connectivity index (χ1n) is 7.77. The minimum Gasteiger partial charge on any atom is -0.406 e. The van der Waals surface area contributed by atoms with Gasteiger partial charge in [0.25, 0.3) is 5.91 Å². The zero-order valence-electron chi connectivity index (χ0n) is 13.1. The number of ether oxygens (including phenoxy) is 1. The quantitative estimate of drug-likeness (QED) is 0.808. The van der Waals surface area contributed by atoms with E-state index in [9.17, 15) is 22.8 Å². The fraction of sp³-hybridized carbons (Fsp3) is 0.500. The van der Waals surface area contributed by atoms with Crippen molar-refractivity contribution in [2.24, 2.45) is 0 Å². The number of rotatable bonds is 6. The third-order valence-electron chi connectivity index (χ3n) is 3.66. The molecule has 1 aromatic carbocycles. The van der Waals surface area contributed by atoms with Crippen LogP contribution >= 0.6 is 0 Å². The van der Waals surface area contributed by atoms with Crippen molar-refractivity contribution in [3.63, 3.8) is 0 Å². The van der Waals surface area contributed by atoms with Crippen LogP contribution in [0.2, 0.25) is 0 Å². The lowest BCUT2D eigenvalue weighted by atomic mass is 10.1. The fourth-order valence-corrected chi connectivity index (χ4v) is 2.48. The Kier molecular flexibility index (Phi) is 6.05. The highest BCUT2D eigenvalue weighted by Gasteiger charge is 2.31. The van der Waals surface area contributed by atoms with E-state index < -0.39 is 6.36 Å². The Morgan fingerprint density at radius 1 is 1.21 bits per heavy atom. The van der Waals surface area contributed by atoms with Gasteiger partial charge in [0.1, 0.15) is 5.75 Å². The maximum Gasteiger partial charge on any atom is 0.573 e. The molecule has 1 aromatic rings. The minimum atomic E-state index is -4.75. The van der Waals surface area contributed by atoms with Crippen molar-refractivity contribution in [3.05, 3.63) is 29.8 Å². The first kappa shape index (κ1) is 18.1. The van der Waals surface area contributed by atoms with Gasteiger partial charge in [-0.05, 0) is 43.5 Å². The summed E-state index contributed by atoms with van der Waals surface area (Å²) in [5.74, 6) is -0.603. The Balaban J connectivity index is 1.73. The lowest BCUT2D eigenvalue weighted by Gasteiger charge is -2.26. The summed E-state index contributed by atoms with van der Waals surface area (Å²) in [5.41, 5.74) is 0.249. The predicted molar refractivity (Wildman–Crippen MR) is 80.5 cm³/mol. The number of carbonyl (C=O) groups excluding carboxylic acids is 2.